The van der Waals surface area contributed by atoms with Gasteiger partial charge in [0.15, 0.2) is 0 Å². The molecule has 0 unspecified atom stereocenters. The van der Waals surface area contributed by atoms with Crippen LogP contribution in [0.25, 0.3) is 4.91 Å². The number of ether oxygens (including phenoxy) is 1. The van der Waals surface area contributed by atoms with Crippen LogP contribution in [-0.2, 0) is 16.1 Å². The molecule has 0 aromatic carbocycles. The number of thioether (sulfide) groups is 1. The molecule has 200 valence electrons. The van der Waals surface area contributed by atoms with Crippen LogP contribution in [0.2, 0.25) is 0 Å². The van der Waals surface area contributed by atoms with E-state index in [4.69, 9.17) is 10.1 Å². The van der Waals surface area contributed by atoms with Gasteiger partial charge < -0.3 is 20.7 Å². The van der Waals surface area contributed by atoms with E-state index < -0.39 is 17.7 Å². The van der Waals surface area contributed by atoms with Crippen molar-refractivity contribution in [1.29, 1.82) is 5.41 Å². The first-order chi connectivity index (χ1) is 18.2. The van der Waals surface area contributed by atoms with Crippen molar-refractivity contribution in [2.24, 2.45) is 0 Å². The van der Waals surface area contributed by atoms with Gasteiger partial charge in [0.2, 0.25) is 0 Å². The number of nitrogens with zero attached hydrogens (tertiary/aromatic N) is 4. The standard InChI is InChI=1S/C24H26F2N8O3S/c1-37-7-6-34-12-15(10-31-34)17-11-30-23(38-17)18-19(27)20-16(32-22(18)36)8-14(9-29-20)21(35)28-3-5-33-4-2-24(25,26)13-33/h8-12,27,30H,2-7,13H2,1H3,(H,28,35)(H,32,36)/b23-18-,27-19?. The quantitative estimate of drug-likeness (QED) is 0.370. The van der Waals surface area contributed by atoms with Gasteiger partial charge >= 0.3 is 0 Å². The molecular weight excluding hydrogens is 518 g/mol. The largest absolute Gasteiger partial charge is 0.383 e. The highest BCUT2D eigenvalue weighted by molar-refractivity contribution is 8.12. The first-order valence-electron chi connectivity index (χ1n) is 11.9. The number of rotatable bonds is 8. The predicted octanol–water partition coefficient (Wildman–Crippen LogP) is 1.86. The zero-order chi connectivity index (χ0) is 26.9. The Labute approximate surface area is 221 Å². The first kappa shape index (κ1) is 26.0. The van der Waals surface area contributed by atoms with Crippen LogP contribution < -0.4 is 16.0 Å². The van der Waals surface area contributed by atoms with Gasteiger partial charge in [0, 0.05) is 62.2 Å². The minimum atomic E-state index is -2.68. The molecule has 4 N–H and O–H groups in total. The lowest BCUT2D eigenvalue weighted by Crippen LogP contribution is -2.35. The molecule has 2 amide bonds. The highest BCUT2D eigenvalue weighted by Crippen LogP contribution is 2.40. The molecule has 1 saturated heterocycles. The fourth-order valence-electron chi connectivity index (χ4n) is 4.31. The second-order valence-electron chi connectivity index (χ2n) is 9.03. The molecule has 0 saturated carbocycles. The van der Waals surface area contributed by atoms with E-state index in [9.17, 15) is 18.4 Å². The Morgan fingerprint density at radius 2 is 2.18 bits per heavy atom. The summed E-state index contributed by atoms with van der Waals surface area (Å²) in [5.74, 6) is -3.61. The summed E-state index contributed by atoms with van der Waals surface area (Å²) in [6.45, 7) is 1.65. The molecular formula is C24H26F2N8O3S. The van der Waals surface area contributed by atoms with Gasteiger partial charge in [-0.05, 0) is 6.07 Å². The van der Waals surface area contributed by atoms with Crippen molar-refractivity contribution in [3.05, 3.63) is 58.3 Å². The van der Waals surface area contributed by atoms with Crippen molar-refractivity contribution in [3.63, 3.8) is 0 Å². The molecule has 0 bridgehead atoms. The van der Waals surface area contributed by atoms with Crippen molar-refractivity contribution in [2.75, 3.05) is 45.2 Å². The second-order valence-corrected chi connectivity index (χ2v) is 10.1. The number of carbonyl (C=O) groups is 2. The van der Waals surface area contributed by atoms with E-state index in [-0.39, 0.29) is 54.3 Å². The molecule has 1 fully saturated rings. The molecule has 38 heavy (non-hydrogen) atoms. The number of hydrogen-bond donors (Lipinski definition) is 4. The normalized spacial score (nSPS) is 20.7. The monoisotopic (exact) mass is 544 g/mol. The van der Waals surface area contributed by atoms with E-state index in [0.29, 0.717) is 24.7 Å². The van der Waals surface area contributed by atoms with Gasteiger partial charge in [0.1, 0.15) is 5.69 Å². The van der Waals surface area contributed by atoms with Gasteiger partial charge in [-0.3, -0.25) is 29.6 Å². The minimum absolute atomic E-state index is 0.0638. The number of hydrogen-bond acceptors (Lipinski definition) is 9. The maximum absolute atomic E-state index is 13.3. The summed E-state index contributed by atoms with van der Waals surface area (Å²) in [6, 6.07) is 1.46. The van der Waals surface area contributed by atoms with Gasteiger partial charge in [0.05, 0.1) is 53.5 Å². The van der Waals surface area contributed by atoms with Gasteiger partial charge in [-0.25, -0.2) is 8.78 Å². The molecule has 5 heterocycles. The first-order valence-corrected chi connectivity index (χ1v) is 12.8. The third kappa shape index (κ3) is 5.47. The lowest BCUT2D eigenvalue weighted by Gasteiger charge is -2.21. The second kappa shape index (κ2) is 10.6. The topological polar surface area (TPSA) is 137 Å². The fourth-order valence-corrected chi connectivity index (χ4v) is 5.28. The zero-order valence-corrected chi connectivity index (χ0v) is 21.3. The molecule has 0 aliphatic carbocycles. The lowest BCUT2D eigenvalue weighted by atomic mass is 10.0. The van der Waals surface area contributed by atoms with Crippen LogP contribution in [-0.4, -0.2) is 83.0 Å². The van der Waals surface area contributed by atoms with E-state index >= 15 is 0 Å². The highest BCUT2D eigenvalue weighted by Gasteiger charge is 2.38. The number of nitrogens with one attached hydrogen (secondary N) is 4. The van der Waals surface area contributed by atoms with Crippen LogP contribution >= 0.6 is 11.8 Å². The number of alkyl halides is 2. The molecule has 3 aliphatic heterocycles. The number of amides is 2. The molecule has 0 spiro atoms. The Morgan fingerprint density at radius 1 is 1.34 bits per heavy atom. The van der Waals surface area contributed by atoms with Crippen molar-refractivity contribution >= 4 is 39.9 Å². The maximum Gasteiger partial charge on any atom is 0.261 e. The van der Waals surface area contributed by atoms with Crippen molar-refractivity contribution in [1.82, 2.24) is 30.3 Å². The van der Waals surface area contributed by atoms with Crippen molar-refractivity contribution < 1.29 is 23.1 Å². The van der Waals surface area contributed by atoms with Crippen LogP contribution in [0.1, 0.15) is 28.0 Å². The Balaban J connectivity index is 1.23. The third-order valence-electron chi connectivity index (χ3n) is 6.29. The van der Waals surface area contributed by atoms with E-state index in [1.54, 1.807) is 29.1 Å². The average molecular weight is 545 g/mol. The molecule has 2 aromatic heterocycles. The summed E-state index contributed by atoms with van der Waals surface area (Å²) in [7, 11) is 1.62. The van der Waals surface area contributed by atoms with Gasteiger partial charge in [0.25, 0.3) is 17.7 Å². The number of fused-ring (bicyclic) bond motifs is 1. The van der Waals surface area contributed by atoms with Crippen LogP contribution in [0.3, 0.4) is 0 Å². The molecule has 0 radical (unpaired) electrons. The Bertz CT molecular complexity index is 1360. The Hall–Kier alpha value is -3.62. The number of anilines is 1. The summed E-state index contributed by atoms with van der Waals surface area (Å²) < 4.78 is 33.5. The fraction of sp³-hybridized carbons (Fsp3) is 0.375. The molecule has 0 atom stereocenters. The maximum atomic E-state index is 13.3. The summed E-state index contributed by atoms with van der Waals surface area (Å²) in [4.78, 5) is 32.2. The molecule has 3 aliphatic rings. The van der Waals surface area contributed by atoms with Crippen LogP contribution in [0.15, 0.2) is 41.5 Å². The predicted molar refractivity (Wildman–Crippen MR) is 138 cm³/mol. The Kier molecular flexibility index (Phi) is 7.27. The summed E-state index contributed by atoms with van der Waals surface area (Å²) in [5, 5.41) is 21.9. The smallest absolute Gasteiger partial charge is 0.261 e. The van der Waals surface area contributed by atoms with E-state index in [1.165, 1.54) is 24.0 Å². The molecule has 2 aromatic rings. The zero-order valence-electron chi connectivity index (χ0n) is 20.5. The van der Waals surface area contributed by atoms with Gasteiger partial charge in [-0.2, -0.15) is 5.10 Å². The van der Waals surface area contributed by atoms with Crippen LogP contribution in [0, 0.1) is 5.41 Å². The number of carbonyl (C=O) groups excluding carboxylic acids is 2. The third-order valence-corrected chi connectivity index (χ3v) is 7.39. The number of pyridine rings is 1. The van der Waals surface area contributed by atoms with Crippen LogP contribution in [0.4, 0.5) is 14.5 Å². The van der Waals surface area contributed by atoms with E-state index in [2.05, 4.69) is 26.0 Å². The number of likely N-dealkylation sites (tertiary alicyclic amines) is 1. The number of halogens is 2. The molecule has 5 rings (SSSR count). The van der Waals surface area contributed by atoms with Gasteiger partial charge in [-0.1, -0.05) is 11.8 Å². The number of methoxy groups -OCH3 is 1. The minimum Gasteiger partial charge on any atom is -0.383 e. The van der Waals surface area contributed by atoms with E-state index in [1.807, 2.05) is 6.20 Å². The average Bonchev–Trinajstić information content (AvgIpc) is 3.62. The highest BCUT2D eigenvalue weighted by atomic mass is 32.2. The number of aromatic nitrogens is 3. The SMILES string of the molecule is COCCn1cc(C2=CN/C(=C3\C(=N)c4ncc(C(=O)NCCN5CCC(F)(F)C5)cc4NC3=O)S2)cn1. The van der Waals surface area contributed by atoms with Crippen molar-refractivity contribution in [3.8, 4) is 0 Å². The summed E-state index contributed by atoms with van der Waals surface area (Å²) in [6.07, 6.45) is 6.51. The van der Waals surface area contributed by atoms with Gasteiger partial charge in [-0.15, -0.1) is 0 Å². The van der Waals surface area contributed by atoms with E-state index in [0.717, 1.165) is 10.5 Å². The lowest BCUT2D eigenvalue weighted by molar-refractivity contribution is -0.112. The molecule has 11 nitrogen and oxygen atoms in total. The Morgan fingerprint density at radius 3 is 2.95 bits per heavy atom. The van der Waals surface area contributed by atoms with Crippen LogP contribution in [0.5, 0.6) is 0 Å². The summed E-state index contributed by atoms with van der Waals surface area (Å²) >= 11 is 1.32. The summed E-state index contributed by atoms with van der Waals surface area (Å²) in [5.41, 5.74) is 1.64. The molecule has 14 heteroatoms. The van der Waals surface area contributed by atoms with Crippen molar-refractivity contribution in [2.45, 2.75) is 18.9 Å².